The first-order valence-corrected chi connectivity index (χ1v) is 8.91. The quantitative estimate of drug-likeness (QED) is 0.902. The fourth-order valence-electron chi connectivity index (χ4n) is 2.37. The number of morpholine rings is 1. The van der Waals surface area contributed by atoms with Crippen LogP contribution in [0, 0.1) is 0 Å². The number of anilines is 1. The Kier molecular flexibility index (Phi) is 4.89. The van der Waals surface area contributed by atoms with Crippen molar-refractivity contribution in [3.63, 3.8) is 0 Å². The normalized spacial score (nSPS) is 15.8. The molecule has 1 fully saturated rings. The summed E-state index contributed by atoms with van der Waals surface area (Å²) in [5, 5.41) is 2.69. The molecule has 126 valence electrons. The minimum atomic E-state index is -3.60. The molecule has 2 heterocycles. The third kappa shape index (κ3) is 3.61. The molecule has 8 heteroatoms. The van der Waals surface area contributed by atoms with E-state index >= 15 is 0 Å². The molecule has 1 N–H and O–H groups in total. The van der Waals surface area contributed by atoms with Crippen LogP contribution in [0.1, 0.15) is 10.4 Å². The van der Waals surface area contributed by atoms with Crippen LogP contribution >= 0.6 is 0 Å². The van der Waals surface area contributed by atoms with E-state index in [2.05, 4.69) is 10.3 Å². The molecule has 1 aromatic heterocycles. The van der Waals surface area contributed by atoms with Crippen molar-refractivity contribution in [3.8, 4) is 0 Å². The Bertz CT molecular complexity index is 818. The van der Waals surface area contributed by atoms with E-state index in [-0.39, 0.29) is 10.8 Å². The second-order valence-electron chi connectivity index (χ2n) is 5.24. The monoisotopic (exact) mass is 347 g/mol. The van der Waals surface area contributed by atoms with Crippen LogP contribution in [-0.2, 0) is 14.8 Å². The number of nitrogens with one attached hydrogen (secondary N) is 1. The van der Waals surface area contributed by atoms with Crippen molar-refractivity contribution in [1.29, 1.82) is 0 Å². The molecule has 1 aliphatic heterocycles. The number of rotatable bonds is 4. The van der Waals surface area contributed by atoms with Gasteiger partial charge in [-0.25, -0.2) is 8.42 Å². The second-order valence-corrected chi connectivity index (χ2v) is 7.18. The second kappa shape index (κ2) is 7.08. The molecule has 24 heavy (non-hydrogen) atoms. The maximum atomic E-state index is 12.6. The molecule has 0 bridgehead atoms. The Morgan fingerprint density at radius 2 is 1.96 bits per heavy atom. The number of hydrogen-bond donors (Lipinski definition) is 1. The number of carbonyl (C=O) groups is 1. The summed E-state index contributed by atoms with van der Waals surface area (Å²) >= 11 is 0. The lowest BCUT2D eigenvalue weighted by molar-refractivity contribution is 0.0730. The minimum Gasteiger partial charge on any atom is -0.379 e. The zero-order valence-electron chi connectivity index (χ0n) is 12.9. The summed E-state index contributed by atoms with van der Waals surface area (Å²) in [5.41, 5.74) is 0.817. The molecule has 1 aromatic carbocycles. The average molecular weight is 347 g/mol. The number of sulfonamides is 1. The van der Waals surface area contributed by atoms with E-state index in [4.69, 9.17) is 4.74 Å². The molecule has 7 nitrogen and oxygen atoms in total. The van der Waals surface area contributed by atoms with E-state index in [1.165, 1.54) is 22.6 Å². The first-order valence-electron chi connectivity index (χ1n) is 7.47. The topological polar surface area (TPSA) is 88.6 Å². The number of carbonyl (C=O) groups excluding carboxylic acids is 1. The van der Waals surface area contributed by atoms with Crippen LogP contribution in [-0.4, -0.2) is 49.9 Å². The van der Waals surface area contributed by atoms with Crippen LogP contribution in [0.4, 0.5) is 5.69 Å². The van der Waals surface area contributed by atoms with Gasteiger partial charge in [-0.2, -0.15) is 4.31 Å². The lowest BCUT2D eigenvalue weighted by Gasteiger charge is -2.26. The van der Waals surface area contributed by atoms with E-state index in [1.807, 2.05) is 0 Å². The van der Waals surface area contributed by atoms with Crippen molar-refractivity contribution in [2.24, 2.45) is 0 Å². The lowest BCUT2D eigenvalue weighted by Crippen LogP contribution is -2.40. The van der Waals surface area contributed by atoms with Crippen molar-refractivity contribution < 1.29 is 17.9 Å². The molecule has 0 aliphatic carbocycles. The molecule has 0 radical (unpaired) electrons. The van der Waals surface area contributed by atoms with Gasteiger partial charge in [0.15, 0.2) is 0 Å². The van der Waals surface area contributed by atoms with Gasteiger partial charge in [0.25, 0.3) is 5.91 Å². The Hall–Kier alpha value is -2.29. The van der Waals surface area contributed by atoms with Gasteiger partial charge in [-0.05, 0) is 30.3 Å². The van der Waals surface area contributed by atoms with E-state index in [0.717, 1.165) is 0 Å². The Morgan fingerprint density at radius 1 is 1.17 bits per heavy atom. The van der Waals surface area contributed by atoms with Gasteiger partial charge in [0.1, 0.15) is 0 Å². The molecular weight excluding hydrogens is 330 g/mol. The maximum Gasteiger partial charge on any atom is 0.257 e. The van der Waals surface area contributed by atoms with Crippen LogP contribution < -0.4 is 5.32 Å². The molecule has 3 rings (SSSR count). The largest absolute Gasteiger partial charge is 0.379 e. The number of amides is 1. The van der Waals surface area contributed by atoms with Crippen LogP contribution in [0.5, 0.6) is 0 Å². The zero-order chi connectivity index (χ0) is 17.0. The standard InChI is InChI=1S/C16H17N3O4S/c20-16(13-3-2-6-17-12-13)18-14-4-1-5-15(11-14)24(21,22)19-7-9-23-10-8-19/h1-6,11-12H,7-10H2,(H,18,20). The fourth-order valence-corrected chi connectivity index (χ4v) is 3.83. The summed E-state index contributed by atoms with van der Waals surface area (Å²) in [4.78, 5) is 16.2. The summed E-state index contributed by atoms with van der Waals surface area (Å²) < 4.78 is 31.9. The first kappa shape index (κ1) is 16.6. The third-order valence-electron chi connectivity index (χ3n) is 3.62. The molecule has 1 saturated heterocycles. The van der Waals surface area contributed by atoms with Crippen LogP contribution in [0.15, 0.2) is 53.7 Å². The molecule has 0 saturated carbocycles. The van der Waals surface area contributed by atoms with E-state index in [0.29, 0.717) is 37.6 Å². The van der Waals surface area contributed by atoms with Crippen molar-refractivity contribution >= 4 is 21.6 Å². The lowest BCUT2D eigenvalue weighted by atomic mass is 10.2. The highest BCUT2D eigenvalue weighted by Crippen LogP contribution is 2.21. The molecule has 1 amide bonds. The van der Waals surface area contributed by atoms with Gasteiger partial charge in [0.05, 0.1) is 23.7 Å². The summed E-state index contributed by atoms with van der Waals surface area (Å²) in [6, 6.07) is 9.52. The minimum absolute atomic E-state index is 0.147. The Morgan fingerprint density at radius 3 is 2.67 bits per heavy atom. The molecule has 1 aliphatic rings. The molecule has 0 unspecified atom stereocenters. The number of hydrogen-bond acceptors (Lipinski definition) is 5. The van der Waals surface area contributed by atoms with E-state index in [9.17, 15) is 13.2 Å². The predicted molar refractivity (Wildman–Crippen MR) is 88.2 cm³/mol. The number of ether oxygens (including phenoxy) is 1. The van der Waals surface area contributed by atoms with Gasteiger partial charge in [0, 0.05) is 31.2 Å². The van der Waals surface area contributed by atoms with Crippen LogP contribution in [0.3, 0.4) is 0 Å². The van der Waals surface area contributed by atoms with Gasteiger partial charge in [-0.3, -0.25) is 9.78 Å². The van der Waals surface area contributed by atoms with Crippen LogP contribution in [0.2, 0.25) is 0 Å². The van der Waals surface area contributed by atoms with Crippen molar-refractivity contribution in [2.45, 2.75) is 4.90 Å². The Balaban J connectivity index is 1.80. The first-order chi connectivity index (χ1) is 11.6. The van der Waals surface area contributed by atoms with Crippen molar-refractivity contribution in [1.82, 2.24) is 9.29 Å². The summed E-state index contributed by atoms with van der Waals surface area (Å²) in [7, 11) is -3.60. The molecule has 0 atom stereocenters. The highest BCUT2D eigenvalue weighted by atomic mass is 32.2. The number of aromatic nitrogens is 1. The number of pyridine rings is 1. The summed E-state index contributed by atoms with van der Waals surface area (Å²) in [6.07, 6.45) is 3.02. The average Bonchev–Trinajstić information content (AvgIpc) is 2.63. The zero-order valence-corrected chi connectivity index (χ0v) is 13.7. The number of nitrogens with zero attached hydrogens (tertiary/aromatic N) is 2. The fraction of sp³-hybridized carbons (Fsp3) is 0.250. The van der Waals surface area contributed by atoms with Crippen molar-refractivity contribution in [2.75, 3.05) is 31.6 Å². The maximum absolute atomic E-state index is 12.6. The van der Waals surface area contributed by atoms with E-state index < -0.39 is 10.0 Å². The molecule has 0 spiro atoms. The van der Waals surface area contributed by atoms with Gasteiger partial charge < -0.3 is 10.1 Å². The molecular formula is C16H17N3O4S. The van der Waals surface area contributed by atoms with Crippen LogP contribution in [0.25, 0.3) is 0 Å². The highest BCUT2D eigenvalue weighted by Gasteiger charge is 2.26. The highest BCUT2D eigenvalue weighted by molar-refractivity contribution is 7.89. The van der Waals surface area contributed by atoms with Gasteiger partial charge in [0.2, 0.25) is 10.0 Å². The molecule has 2 aromatic rings. The summed E-state index contributed by atoms with van der Waals surface area (Å²) in [5.74, 6) is -0.343. The van der Waals surface area contributed by atoms with E-state index in [1.54, 1.807) is 30.5 Å². The van der Waals surface area contributed by atoms with Gasteiger partial charge in [-0.15, -0.1) is 0 Å². The predicted octanol–water partition coefficient (Wildman–Crippen LogP) is 1.35. The SMILES string of the molecule is O=C(Nc1cccc(S(=O)(=O)N2CCOCC2)c1)c1cccnc1. The van der Waals surface area contributed by atoms with Crippen molar-refractivity contribution in [3.05, 3.63) is 54.4 Å². The third-order valence-corrected chi connectivity index (χ3v) is 5.52. The van der Waals surface area contributed by atoms with Gasteiger partial charge in [-0.1, -0.05) is 6.07 Å². The smallest absolute Gasteiger partial charge is 0.257 e. The van der Waals surface area contributed by atoms with Gasteiger partial charge >= 0.3 is 0 Å². The number of benzene rings is 1. The Labute approximate surface area is 140 Å². The summed E-state index contributed by atoms with van der Waals surface area (Å²) in [6.45, 7) is 1.43.